The van der Waals surface area contributed by atoms with Gasteiger partial charge in [-0.3, -0.25) is 9.59 Å². The number of hydrogen-bond acceptors (Lipinski definition) is 3. The van der Waals surface area contributed by atoms with E-state index >= 15 is 0 Å². The highest BCUT2D eigenvalue weighted by Crippen LogP contribution is 2.17. The van der Waals surface area contributed by atoms with Crippen molar-refractivity contribution < 1.29 is 9.59 Å². The molecule has 0 aliphatic heterocycles. The number of amides is 2. The van der Waals surface area contributed by atoms with Crippen molar-refractivity contribution >= 4 is 23.4 Å². The van der Waals surface area contributed by atoms with Crippen molar-refractivity contribution in [3.05, 3.63) is 82.1 Å². The molecule has 1 heterocycles. The van der Waals surface area contributed by atoms with Gasteiger partial charge in [-0.15, -0.1) is 0 Å². The van der Waals surface area contributed by atoms with E-state index in [9.17, 15) is 9.59 Å². The first-order chi connectivity index (χ1) is 14.0. The maximum atomic E-state index is 12.6. The molecule has 0 unspecified atom stereocenters. The van der Waals surface area contributed by atoms with Gasteiger partial charge in [0.1, 0.15) is 0 Å². The van der Waals surface area contributed by atoms with Crippen LogP contribution < -0.4 is 10.6 Å². The van der Waals surface area contributed by atoms with Crippen LogP contribution in [0.2, 0.25) is 5.02 Å². The molecule has 6 nitrogen and oxygen atoms in total. The van der Waals surface area contributed by atoms with Gasteiger partial charge < -0.3 is 10.6 Å². The average Bonchev–Trinajstić information content (AvgIpc) is 3.16. The second kappa shape index (κ2) is 9.39. The Bertz CT molecular complexity index is 1010. The smallest absolute Gasteiger partial charge is 0.254 e. The van der Waals surface area contributed by atoms with Crippen LogP contribution in [-0.2, 0) is 6.42 Å². The molecule has 0 radical (unpaired) electrons. The zero-order valence-electron chi connectivity index (χ0n) is 16.4. The summed E-state index contributed by atoms with van der Waals surface area (Å²) in [4.78, 5) is 24.7. The number of benzene rings is 2. The molecule has 0 spiro atoms. The minimum Gasteiger partial charge on any atom is -0.350 e. The van der Waals surface area contributed by atoms with Gasteiger partial charge in [0.2, 0.25) is 0 Å². The molecular formula is C22H23ClN4O2. The monoisotopic (exact) mass is 410 g/mol. The van der Waals surface area contributed by atoms with E-state index in [1.165, 1.54) is 0 Å². The molecule has 3 rings (SSSR count). The molecule has 0 aliphatic carbocycles. The van der Waals surface area contributed by atoms with Crippen LogP contribution in [0.3, 0.4) is 0 Å². The fourth-order valence-electron chi connectivity index (χ4n) is 3.00. The predicted molar refractivity (Wildman–Crippen MR) is 114 cm³/mol. The largest absolute Gasteiger partial charge is 0.350 e. The molecule has 0 bridgehead atoms. The van der Waals surface area contributed by atoms with Gasteiger partial charge in [0.25, 0.3) is 11.8 Å². The van der Waals surface area contributed by atoms with E-state index < -0.39 is 0 Å². The van der Waals surface area contributed by atoms with Crippen LogP contribution in [0.25, 0.3) is 5.69 Å². The second-order valence-corrected chi connectivity index (χ2v) is 7.00. The molecule has 150 valence electrons. The molecular weight excluding hydrogens is 388 g/mol. The predicted octanol–water partition coefficient (Wildman–Crippen LogP) is 3.56. The molecule has 0 atom stereocenters. The number of aromatic nitrogens is 2. The number of nitrogens with zero attached hydrogens (tertiary/aromatic N) is 2. The summed E-state index contributed by atoms with van der Waals surface area (Å²) in [5.41, 5.74) is 3.86. The Morgan fingerprint density at radius 2 is 1.59 bits per heavy atom. The Hall–Kier alpha value is -3.12. The van der Waals surface area contributed by atoms with Crippen LogP contribution in [0.15, 0.2) is 54.7 Å². The Morgan fingerprint density at radius 1 is 0.966 bits per heavy atom. The summed E-state index contributed by atoms with van der Waals surface area (Å²) in [6, 6.07) is 14.8. The third-order valence-electron chi connectivity index (χ3n) is 4.54. The lowest BCUT2D eigenvalue weighted by atomic mass is 10.1. The average molecular weight is 411 g/mol. The molecule has 2 aromatic carbocycles. The Morgan fingerprint density at radius 3 is 2.21 bits per heavy atom. The summed E-state index contributed by atoms with van der Waals surface area (Å²) in [6.45, 7) is 4.61. The second-order valence-electron chi connectivity index (χ2n) is 6.60. The molecule has 29 heavy (non-hydrogen) atoms. The van der Waals surface area contributed by atoms with Crippen LogP contribution >= 0.6 is 11.6 Å². The molecule has 0 saturated heterocycles. The first-order valence-corrected chi connectivity index (χ1v) is 9.84. The van der Waals surface area contributed by atoms with Gasteiger partial charge in [0.15, 0.2) is 0 Å². The minimum atomic E-state index is -0.272. The molecule has 3 aromatic rings. The van der Waals surface area contributed by atoms with E-state index in [-0.39, 0.29) is 11.8 Å². The quantitative estimate of drug-likeness (QED) is 0.585. The summed E-state index contributed by atoms with van der Waals surface area (Å²) in [5, 5.41) is 10.4. The molecule has 0 aliphatic rings. The maximum absolute atomic E-state index is 12.6. The lowest BCUT2D eigenvalue weighted by Crippen LogP contribution is -2.35. The van der Waals surface area contributed by atoms with Crippen LogP contribution in [-0.4, -0.2) is 34.7 Å². The van der Waals surface area contributed by atoms with Crippen molar-refractivity contribution in [1.29, 1.82) is 0 Å². The maximum Gasteiger partial charge on any atom is 0.254 e. The van der Waals surface area contributed by atoms with Crippen LogP contribution in [0, 0.1) is 6.92 Å². The van der Waals surface area contributed by atoms with Crippen molar-refractivity contribution in [3.63, 3.8) is 0 Å². The van der Waals surface area contributed by atoms with Crippen molar-refractivity contribution in [2.75, 3.05) is 13.1 Å². The third-order valence-corrected chi connectivity index (χ3v) is 4.87. The van der Waals surface area contributed by atoms with Gasteiger partial charge in [-0.1, -0.05) is 48.4 Å². The SMILES string of the molecule is CCc1c(C(=O)NCCNC(=O)c2ccccc2Cl)cnn1-c1ccc(C)cc1. The van der Waals surface area contributed by atoms with E-state index in [4.69, 9.17) is 11.6 Å². The molecule has 7 heteroatoms. The van der Waals surface area contributed by atoms with Crippen LogP contribution in [0.1, 0.15) is 38.9 Å². The first kappa shape index (κ1) is 20.6. The van der Waals surface area contributed by atoms with Crippen LogP contribution in [0.5, 0.6) is 0 Å². The van der Waals surface area contributed by atoms with Gasteiger partial charge in [-0.05, 0) is 37.6 Å². The number of halogens is 1. The topological polar surface area (TPSA) is 76.0 Å². The normalized spacial score (nSPS) is 10.6. The van der Waals surface area contributed by atoms with Gasteiger partial charge >= 0.3 is 0 Å². The fraction of sp³-hybridized carbons (Fsp3) is 0.227. The number of carbonyl (C=O) groups excluding carboxylic acids is 2. The first-order valence-electron chi connectivity index (χ1n) is 9.46. The summed E-state index contributed by atoms with van der Waals surface area (Å²) in [7, 11) is 0. The third kappa shape index (κ3) is 4.84. The Labute approximate surface area is 174 Å². The highest BCUT2D eigenvalue weighted by atomic mass is 35.5. The van der Waals surface area contributed by atoms with Gasteiger partial charge in [0, 0.05) is 13.1 Å². The van der Waals surface area contributed by atoms with E-state index in [0.29, 0.717) is 35.7 Å². The zero-order chi connectivity index (χ0) is 20.8. The van der Waals surface area contributed by atoms with E-state index in [2.05, 4.69) is 15.7 Å². The highest BCUT2D eigenvalue weighted by molar-refractivity contribution is 6.33. The summed E-state index contributed by atoms with van der Waals surface area (Å²) < 4.78 is 1.79. The fourth-order valence-corrected chi connectivity index (χ4v) is 3.22. The summed E-state index contributed by atoms with van der Waals surface area (Å²) in [5.74, 6) is -0.488. The molecule has 0 fully saturated rings. The van der Waals surface area contributed by atoms with E-state index in [1.807, 2.05) is 38.1 Å². The summed E-state index contributed by atoms with van der Waals surface area (Å²) >= 11 is 6.02. The number of rotatable bonds is 7. The highest BCUT2D eigenvalue weighted by Gasteiger charge is 2.17. The van der Waals surface area contributed by atoms with E-state index in [1.54, 1.807) is 35.1 Å². The minimum absolute atomic E-state index is 0.216. The lowest BCUT2D eigenvalue weighted by molar-refractivity contribution is 0.0927. The standard InChI is InChI=1S/C22H23ClN4O2/c1-3-20-18(14-26-27(20)16-10-8-15(2)9-11-16)22(29)25-13-12-24-21(28)17-6-4-5-7-19(17)23/h4-11,14H,3,12-13H2,1-2H3,(H,24,28)(H,25,29). The zero-order valence-corrected chi connectivity index (χ0v) is 17.2. The Kier molecular flexibility index (Phi) is 6.67. The van der Waals surface area contributed by atoms with Gasteiger partial charge in [-0.2, -0.15) is 5.10 Å². The van der Waals surface area contributed by atoms with E-state index in [0.717, 1.165) is 16.9 Å². The number of carbonyl (C=O) groups is 2. The van der Waals surface area contributed by atoms with Crippen molar-refractivity contribution in [2.45, 2.75) is 20.3 Å². The molecule has 2 amide bonds. The Balaban J connectivity index is 1.59. The molecule has 0 saturated carbocycles. The lowest BCUT2D eigenvalue weighted by Gasteiger charge is -2.10. The van der Waals surface area contributed by atoms with Crippen molar-refractivity contribution in [3.8, 4) is 5.69 Å². The van der Waals surface area contributed by atoms with Gasteiger partial charge in [0.05, 0.1) is 33.7 Å². The number of nitrogens with one attached hydrogen (secondary N) is 2. The number of aryl methyl sites for hydroxylation is 1. The number of hydrogen-bond donors (Lipinski definition) is 2. The van der Waals surface area contributed by atoms with Crippen LogP contribution in [0.4, 0.5) is 0 Å². The summed E-state index contributed by atoms with van der Waals surface area (Å²) in [6.07, 6.45) is 2.25. The molecule has 2 N–H and O–H groups in total. The van der Waals surface area contributed by atoms with Gasteiger partial charge in [-0.25, -0.2) is 4.68 Å². The van der Waals surface area contributed by atoms with Crippen molar-refractivity contribution in [2.24, 2.45) is 0 Å². The molecule has 1 aromatic heterocycles. The van der Waals surface area contributed by atoms with Crippen molar-refractivity contribution in [1.82, 2.24) is 20.4 Å².